The zero-order valence-electron chi connectivity index (χ0n) is 18.3. The van der Waals surface area contributed by atoms with E-state index >= 15 is 0 Å². The fourth-order valence-corrected chi connectivity index (χ4v) is 8.39. The molecule has 0 amide bonds. The first-order chi connectivity index (χ1) is 13.8. The van der Waals surface area contributed by atoms with Crippen LogP contribution in [0.1, 0.15) is 72.1 Å². The van der Waals surface area contributed by atoms with Crippen LogP contribution in [0.4, 0.5) is 0 Å². The molecule has 2 unspecified atom stereocenters. The van der Waals surface area contributed by atoms with Crippen molar-refractivity contribution in [1.29, 1.82) is 0 Å². The number of rotatable bonds is 3. The Kier molecular flexibility index (Phi) is 4.38. The van der Waals surface area contributed by atoms with Crippen LogP contribution < -0.4 is 0 Å². The van der Waals surface area contributed by atoms with Crippen LogP contribution in [0.15, 0.2) is 17.1 Å². The lowest BCUT2D eigenvalue weighted by molar-refractivity contribution is -0.219. The minimum Gasteiger partial charge on any atom is -0.462 e. The van der Waals surface area contributed by atoms with Crippen LogP contribution >= 0.6 is 0 Å². The lowest BCUT2D eigenvalue weighted by Crippen LogP contribution is -2.69. The van der Waals surface area contributed by atoms with Gasteiger partial charge in [0.15, 0.2) is 0 Å². The summed E-state index contributed by atoms with van der Waals surface area (Å²) in [6.07, 6.45) is 10.2. The van der Waals surface area contributed by atoms with E-state index in [1.54, 1.807) is 0 Å². The third-order valence-electron chi connectivity index (χ3n) is 10.0. The van der Waals surface area contributed by atoms with E-state index in [0.29, 0.717) is 17.3 Å². The van der Waals surface area contributed by atoms with Gasteiger partial charge in [0.25, 0.3) is 0 Å². The predicted molar refractivity (Wildman–Crippen MR) is 114 cm³/mol. The molecule has 0 saturated heterocycles. The van der Waals surface area contributed by atoms with Gasteiger partial charge in [-0.05, 0) is 67.8 Å². The number of aliphatic hydroxyl groups is 1. The molecule has 0 radical (unpaired) electrons. The number of aliphatic hydroxyl groups excluding tert-OH is 1. The molecule has 29 heavy (non-hydrogen) atoms. The quantitative estimate of drug-likeness (QED) is 0.559. The monoisotopic (exact) mass is 399 g/mol. The first-order valence-corrected chi connectivity index (χ1v) is 11.9. The highest BCUT2D eigenvalue weighted by molar-refractivity contribution is 5.72. The number of hydrogen-bond acceptors (Lipinski definition) is 4. The second kappa shape index (κ2) is 6.42. The van der Waals surface area contributed by atoms with E-state index in [-0.39, 0.29) is 34.7 Å². The minimum atomic E-state index is -0.469. The van der Waals surface area contributed by atoms with E-state index in [1.807, 2.05) is 13.8 Å². The van der Waals surface area contributed by atoms with Crippen molar-refractivity contribution < 1.29 is 14.6 Å². The Hall–Kier alpha value is -1.16. The molecule has 0 aromatic heterocycles. The van der Waals surface area contributed by atoms with Crippen LogP contribution in [0.25, 0.3) is 0 Å². The van der Waals surface area contributed by atoms with E-state index in [4.69, 9.17) is 9.73 Å². The van der Waals surface area contributed by atoms with E-state index < -0.39 is 6.10 Å². The Morgan fingerprint density at radius 3 is 2.93 bits per heavy atom. The molecular formula is C25H37NO3. The van der Waals surface area contributed by atoms with Crippen LogP contribution in [-0.4, -0.2) is 36.0 Å². The molecule has 160 valence electrons. The van der Waals surface area contributed by atoms with Gasteiger partial charge in [-0.2, -0.15) is 0 Å². The van der Waals surface area contributed by atoms with Gasteiger partial charge in [0, 0.05) is 29.5 Å². The molecule has 4 nitrogen and oxygen atoms in total. The second-order valence-electron chi connectivity index (χ2n) is 11.3. The summed E-state index contributed by atoms with van der Waals surface area (Å²) < 4.78 is 6.05. The van der Waals surface area contributed by atoms with Crippen molar-refractivity contribution in [3.05, 3.63) is 12.2 Å². The summed E-state index contributed by atoms with van der Waals surface area (Å²) in [6.45, 7) is 11.7. The van der Waals surface area contributed by atoms with Crippen LogP contribution in [0.5, 0.6) is 0 Å². The minimum absolute atomic E-state index is 0.0687. The molecule has 5 fully saturated rings. The molecule has 1 spiro atoms. The number of fused-ring (bicyclic) bond motifs is 2. The second-order valence-corrected chi connectivity index (χ2v) is 11.3. The van der Waals surface area contributed by atoms with E-state index in [1.165, 1.54) is 19.3 Å². The maximum Gasteiger partial charge on any atom is 0.308 e. The van der Waals surface area contributed by atoms with Gasteiger partial charge < -0.3 is 9.84 Å². The molecule has 1 N–H and O–H groups in total. The third kappa shape index (κ3) is 2.47. The van der Waals surface area contributed by atoms with Gasteiger partial charge in [-0.1, -0.05) is 33.8 Å². The maximum atomic E-state index is 12.6. The molecule has 5 saturated carbocycles. The maximum absolute atomic E-state index is 12.6. The molecule has 0 aromatic rings. The standard InChI is InChI=1S/C25H37NO3/c1-5-15(2)22(28)29-18-12-24-10-7-19-23(4)8-6-9-25(19,14-26-13-23)20(24)11-17(18)16(3)21(24)27/h14-15,17-21,27H,3,5-13H2,1-2,4H3/t15?,17-,18+,19+,20?,21-,23+,24+,25-/m0/s1. The van der Waals surface area contributed by atoms with Gasteiger partial charge in [-0.3, -0.25) is 9.79 Å². The molecular weight excluding hydrogens is 362 g/mol. The SMILES string of the molecule is C=C1[C@@H]2CC3[C@@](CC[C@@H]4[C@]5(C)CCC[C@@]34C=NC5)(C[C@H]2OC(=O)C(C)CC)[C@H]1O. The molecule has 1 aliphatic heterocycles. The lowest BCUT2D eigenvalue weighted by atomic mass is 9.35. The molecule has 9 atom stereocenters. The molecule has 6 rings (SSSR count). The molecule has 0 aromatic carbocycles. The van der Waals surface area contributed by atoms with Gasteiger partial charge in [0.2, 0.25) is 0 Å². The van der Waals surface area contributed by atoms with Gasteiger partial charge in [-0.25, -0.2) is 0 Å². The Bertz CT molecular complexity index is 761. The van der Waals surface area contributed by atoms with Crippen molar-refractivity contribution in [2.75, 3.05) is 6.54 Å². The van der Waals surface area contributed by atoms with E-state index in [0.717, 1.165) is 44.2 Å². The van der Waals surface area contributed by atoms with E-state index in [2.05, 4.69) is 19.7 Å². The molecule has 5 aliphatic carbocycles. The molecule has 4 heteroatoms. The topological polar surface area (TPSA) is 58.9 Å². The van der Waals surface area contributed by atoms with Gasteiger partial charge >= 0.3 is 5.97 Å². The zero-order chi connectivity index (χ0) is 20.6. The predicted octanol–water partition coefficient (Wildman–Crippen LogP) is 4.56. The molecule has 6 aliphatic rings. The average Bonchev–Trinajstić information content (AvgIpc) is 2.69. The Labute approximate surface area is 175 Å². The number of esters is 1. The fraction of sp³-hybridized carbons (Fsp3) is 0.840. The lowest BCUT2D eigenvalue weighted by Gasteiger charge is -2.70. The Morgan fingerprint density at radius 1 is 1.38 bits per heavy atom. The number of carbonyl (C=O) groups is 1. The summed E-state index contributed by atoms with van der Waals surface area (Å²) >= 11 is 0. The summed E-state index contributed by atoms with van der Waals surface area (Å²) in [4.78, 5) is 17.5. The van der Waals surface area contributed by atoms with Crippen molar-refractivity contribution in [1.82, 2.24) is 0 Å². The summed E-state index contributed by atoms with van der Waals surface area (Å²) in [7, 11) is 0. The number of aliphatic imine (C=N–C) groups is 1. The highest BCUT2D eigenvalue weighted by Gasteiger charge is 2.70. The molecule has 1 heterocycles. The van der Waals surface area contributed by atoms with Crippen LogP contribution in [0.2, 0.25) is 0 Å². The highest BCUT2D eigenvalue weighted by atomic mass is 16.5. The van der Waals surface area contributed by atoms with Crippen LogP contribution in [0.3, 0.4) is 0 Å². The summed E-state index contributed by atoms with van der Waals surface area (Å²) in [6, 6.07) is 0. The van der Waals surface area contributed by atoms with Crippen LogP contribution in [-0.2, 0) is 9.53 Å². The fourth-order valence-electron chi connectivity index (χ4n) is 8.39. The van der Waals surface area contributed by atoms with Gasteiger partial charge in [0.05, 0.1) is 12.0 Å². The normalized spacial score (nSPS) is 51.2. The van der Waals surface area contributed by atoms with Crippen molar-refractivity contribution in [3.8, 4) is 0 Å². The largest absolute Gasteiger partial charge is 0.462 e. The van der Waals surface area contributed by atoms with Crippen molar-refractivity contribution in [2.45, 2.75) is 84.3 Å². The van der Waals surface area contributed by atoms with Crippen molar-refractivity contribution in [2.24, 2.45) is 44.9 Å². The first-order valence-electron chi connectivity index (χ1n) is 11.9. The summed E-state index contributed by atoms with van der Waals surface area (Å²) in [5.41, 5.74) is 1.14. The zero-order valence-corrected chi connectivity index (χ0v) is 18.3. The van der Waals surface area contributed by atoms with Crippen LogP contribution in [0, 0.1) is 39.9 Å². The number of carbonyl (C=O) groups excluding carboxylic acids is 1. The van der Waals surface area contributed by atoms with E-state index in [9.17, 15) is 9.90 Å². The smallest absolute Gasteiger partial charge is 0.308 e. The van der Waals surface area contributed by atoms with Crippen molar-refractivity contribution in [3.63, 3.8) is 0 Å². The summed E-state index contributed by atoms with van der Waals surface area (Å²) in [5.74, 6) is 1.04. The molecule has 4 bridgehead atoms. The number of ether oxygens (including phenoxy) is 1. The number of hydrogen-bond donors (Lipinski definition) is 1. The van der Waals surface area contributed by atoms with Gasteiger partial charge in [-0.15, -0.1) is 0 Å². The highest BCUT2D eigenvalue weighted by Crippen LogP contribution is 2.72. The van der Waals surface area contributed by atoms with Crippen molar-refractivity contribution >= 4 is 12.2 Å². The Balaban J connectivity index is 1.51. The number of nitrogens with zero attached hydrogens (tertiary/aromatic N) is 1. The average molecular weight is 400 g/mol. The Morgan fingerprint density at radius 2 is 2.17 bits per heavy atom. The summed E-state index contributed by atoms with van der Waals surface area (Å²) in [5, 5.41) is 11.4. The van der Waals surface area contributed by atoms with Gasteiger partial charge in [0.1, 0.15) is 6.10 Å². The first kappa shape index (κ1) is 19.8. The third-order valence-corrected chi connectivity index (χ3v) is 10.0.